The van der Waals surface area contributed by atoms with Gasteiger partial charge in [-0.1, -0.05) is 48.2 Å². The first-order chi connectivity index (χ1) is 12.4. The van der Waals surface area contributed by atoms with Crippen LogP contribution in [0.3, 0.4) is 0 Å². The zero-order chi connectivity index (χ0) is 18.5. The molecule has 0 bridgehead atoms. The van der Waals surface area contributed by atoms with Gasteiger partial charge in [-0.15, -0.1) is 6.58 Å². The largest absolute Gasteiger partial charge is 0.391 e. The van der Waals surface area contributed by atoms with Crippen LogP contribution in [0.15, 0.2) is 30.9 Å². The molecule has 1 aromatic carbocycles. The normalized spacial score (nSPS) is 40.1. The summed E-state index contributed by atoms with van der Waals surface area (Å²) in [4.78, 5) is 0. The van der Waals surface area contributed by atoms with Gasteiger partial charge in [0.2, 0.25) is 0 Å². The molecule has 1 saturated carbocycles. The van der Waals surface area contributed by atoms with E-state index in [9.17, 15) is 5.11 Å². The fourth-order valence-corrected chi connectivity index (χ4v) is 6.20. The van der Waals surface area contributed by atoms with E-state index in [-0.39, 0.29) is 29.3 Å². The Morgan fingerprint density at radius 2 is 1.92 bits per heavy atom. The third-order valence-electron chi connectivity index (χ3n) is 6.89. The summed E-state index contributed by atoms with van der Waals surface area (Å²) in [7, 11) is 0. The van der Waals surface area contributed by atoms with E-state index in [4.69, 9.17) is 9.47 Å². The summed E-state index contributed by atoms with van der Waals surface area (Å²) in [5, 5.41) is 10.6. The molecule has 1 N–H and O–H groups in total. The van der Waals surface area contributed by atoms with Crippen molar-refractivity contribution in [2.45, 2.75) is 89.3 Å². The maximum absolute atomic E-state index is 10.6. The molecular weight excluding hydrogens is 324 g/mol. The second-order valence-electron chi connectivity index (χ2n) is 8.82. The van der Waals surface area contributed by atoms with Crippen LogP contribution < -0.4 is 0 Å². The van der Waals surface area contributed by atoms with Crippen molar-refractivity contribution in [3.05, 3.63) is 47.5 Å². The molecule has 1 unspecified atom stereocenters. The number of ether oxygens (including phenoxy) is 2. The van der Waals surface area contributed by atoms with Gasteiger partial charge >= 0.3 is 0 Å². The van der Waals surface area contributed by atoms with Gasteiger partial charge in [0.05, 0.1) is 18.3 Å². The standard InChI is InChI=1S/C23H32O3/c1-5-8-19-14-22-9-6-7-10-23(22,26-19)20(17(4)24)25-21(22)18-12-15(2)11-16(3)13-18/h5,11-13,17,19-21,24H,1,6-10,14H2,2-4H3/t17?,19-,20+,21-,22+,23-/m1/s1. The van der Waals surface area contributed by atoms with Crippen LogP contribution in [0.2, 0.25) is 0 Å². The minimum Gasteiger partial charge on any atom is -0.391 e. The quantitative estimate of drug-likeness (QED) is 0.789. The molecule has 3 nitrogen and oxygen atoms in total. The third kappa shape index (κ3) is 2.51. The van der Waals surface area contributed by atoms with Gasteiger partial charge in [-0.2, -0.15) is 0 Å². The maximum atomic E-state index is 10.6. The SMILES string of the molecule is C=CC[C@@H]1C[C@]23CCCC[C@@]2(O1)[C@H](C(C)O)O[C@@H]3c1cc(C)cc(C)c1. The molecule has 26 heavy (non-hydrogen) atoms. The van der Waals surface area contributed by atoms with E-state index in [0.29, 0.717) is 0 Å². The molecule has 3 fully saturated rings. The Hall–Kier alpha value is -1.16. The fourth-order valence-electron chi connectivity index (χ4n) is 6.20. The summed E-state index contributed by atoms with van der Waals surface area (Å²) >= 11 is 0. The fraction of sp³-hybridized carbons (Fsp3) is 0.652. The van der Waals surface area contributed by atoms with Gasteiger partial charge in [-0.3, -0.25) is 0 Å². The smallest absolute Gasteiger partial charge is 0.113 e. The number of hydrogen-bond donors (Lipinski definition) is 1. The molecule has 1 aliphatic carbocycles. The van der Waals surface area contributed by atoms with Crippen LogP contribution in [0.1, 0.15) is 68.2 Å². The number of aliphatic hydroxyl groups is 1. The van der Waals surface area contributed by atoms with Gasteiger partial charge in [0.15, 0.2) is 0 Å². The zero-order valence-corrected chi connectivity index (χ0v) is 16.3. The molecule has 2 saturated heterocycles. The molecule has 0 amide bonds. The molecule has 0 radical (unpaired) electrons. The Bertz CT molecular complexity index is 676. The van der Waals surface area contributed by atoms with Crippen molar-refractivity contribution in [1.29, 1.82) is 0 Å². The van der Waals surface area contributed by atoms with Crippen LogP contribution in [-0.2, 0) is 9.47 Å². The number of hydrogen-bond acceptors (Lipinski definition) is 3. The summed E-state index contributed by atoms with van der Waals surface area (Å²) in [5.41, 5.74) is 3.38. The summed E-state index contributed by atoms with van der Waals surface area (Å²) < 4.78 is 13.4. The van der Waals surface area contributed by atoms with Crippen molar-refractivity contribution in [2.24, 2.45) is 5.41 Å². The van der Waals surface area contributed by atoms with Crippen LogP contribution >= 0.6 is 0 Å². The lowest BCUT2D eigenvalue weighted by molar-refractivity contribution is -0.152. The summed E-state index contributed by atoms with van der Waals surface area (Å²) in [5.74, 6) is 0. The summed E-state index contributed by atoms with van der Waals surface area (Å²) in [6.45, 7) is 10.1. The lowest BCUT2D eigenvalue weighted by Gasteiger charge is -2.46. The van der Waals surface area contributed by atoms with E-state index in [1.807, 2.05) is 13.0 Å². The highest BCUT2D eigenvalue weighted by atomic mass is 16.6. The number of aliphatic hydroxyl groups excluding tert-OH is 1. The first kappa shape index (κ1) is 18.2. The Balaban J connectivity index is 1.84. The Labute approximate surface area is 157 Å². The number of benzene rings is 1. The van der Waals surface area contributed by atoms with Crippen LogP contribution in [-0.4, -0.2) is 29.0 Å². The summed E-state index contributed by atoms with van der Waals surface area (Å²) in [6, 6.07) is 6.73. The van der Waals surface area contributed by atoms with E-state index in [0.717, 1.165) is 32.1 Å². The summed E-state index contributed by atoms with van der Waals surface area (Å²) in [6.07, 6.45) is 7.68. The van der Waals surface area contributed by atoms with Crippen molar-refractivity contribution < 1.29 is 14.6 Å². The lowest BCUT2D eigenvalue weighted by Crippen LogP contribution is -2.54. The highest BCUT2D eigenvalue weighted by Crippen LogP contribution is 2.69. The van der Waals surface area contributed by atoms with Crippen LogP contribution in [0.25, 0.3) is 0 Å². The Morgan fingerprint density at radius 1 is 1.23 bits per heavy atom. The van der Waals surface area contributed by atoms with Crippen molar-refractivity contribution in [2.75, 3.05) is 0 Å². The van der Waals surface area contributed by atoms with Crippen LogP contribution in [0, 0.1) is 19.3 Å². The first-order valence-corrected chi connectivity index (χ1v) is 10.1. The van der Waals surface area contributed by atoms with Gasteiger partial charge in [0.1, 0.15) is 11.7 Å². The molecule has 2 aliphatic heterocycles. The predicted molar refractivity (Wildman–Crippen MR) is 103 cm³/mol. The monoisotopic (exact) mass is 356 g/mol. The van der Waals surface area contributed by atoms with Gasteiger partial charge in [-0.25, -0.2) is 0 Å². The second kappa shape index (κ2) is 6.47. The average molecular weight is 357 g/mol. The minimum absolute atomic E-state index is 0.00387. The van der Waals surface area contributed by atoms with Crippen LogP contribution in [0.5, 0.6) is 0 Å². The predicted octanol–water partition coefficient (Wildman–Crippen LogP) is 4.79. The van der Waals surface area contributed by atoms with Gasteiger partial charge in [-0.05, 0) is 52.0 Å². The molecular formula is C23H32O3. The highest BCUT2D eigenvalue weighted by Gasteiger charge is 2.72. The van der Waals surface area contributed by atoms with E-state index in [2.05, 4.69) is 38.6 Å². The molecule has 3 aliphatic rings. The minimum atomic E-state index is -0.536. The molecule has 0 spiro atoms. The highest BCUT2D eigenvalue weighted by molar-refractivity contribution is 5.35. The van der Waals surface area contributed by atoms with E-state index >= 15 is 0 Å². The topological polar surface area (TPSA) is 38.7 Å². The molecule has 142 valence electrons. The Kier molecular flexibility index (Phi) is 4.53. The van der Waals surface area contributed by atoms with E-state index < -0.39 is 6.10 Å². The van der Waals surface area contributed by atoms with Crippen molar-refractivity contribution in [3.8, 4) is 0 Å². The third-order valence-corrected chi connectivity index (χ3v) is 6.89. The molecule has 2 heterocycles. The van der Waals surface area contributed by atoms with Gasteiger partial charge in [0.25, 0.3) is 0 Å². The molecule has 6 atom stereocenters. The molecule has 0 aromatic heterocycles. The van der Waals surface area contributed by atoms with E-state index in [1.54, 1.807) is 0 Å². The second-order valence-corrected chi connectivity index (χ2v) is 8.82. The molecule has 1 aromatic rings. The molecule has 4 rings (SSSR count). The van der Waals surface area contributed by atoms with Crippen molar-refractivity contribution >= 4 is 0 Å². The van der Waals surface area contributed by atoms with Crippen molar-refractivity contribution in [1.82, 2.24) is 0 Å². The molecule has 3 heteroatoms. The zero-order valence-electron chi connectivity index (χ0n) is 16.3. The Morgan fingerprint density at radius 3 is 2.58 bits per heavy atom. The van der Waals surface area contributed by atoms with E-state index in [1.165, 1.54) is 23.1 Å². The van der Waals surface area contributed by atoms with Crippen molar-refractivity contribution in [3.63, 3.8) is 0 Å². The maximum Gasteiger partial charge on any atom is 0.113 e. The lowest BCUT2D eigenvalue weighted by atomic mass is 9.58. The van der Waals surface area contributed by atoms with Gasteiger partial charge in [0, 0.05) is 5.41 Å². The van der Waals surface area contributed by atoms with Crippen LogP contribution in [0.4, 0.5) is 0 Å². The van der Waals surface area contributed by atoms with Gasteiger partial charge < -0.3 is 14.6 Å². The number of aryl methyl sites for hydroxylation is 2. The number of rotatable bonds is 4. The first-order valence-electron chi connectivity index (χ1n) is 10.1. The average Bonchev–Trinajstić information content (AvgIpc) is 3.03.